The zero-order valence-corrected chi connectivity index (χ0v) is 14.6. The molecule has 0 amide bonds. The molecule has 1 unspecified atom stereocenters. The number of benzene rings is 2. The van der Waals surface area contributed by atoms with E-state index in [9.17, 15) is 5.11 Å². The standard InChI is InChI=1S/C20H26N2O2/c1-20(2,3)21-14-18(23)15-24-22-19(16-10-6-4-7-11-16)17-12-8-5-9-13-17/h4-13,18,21,23H,14-15H2,1-3H3. The van der Waals surface area contributed by atoms with E-state index in [1.807, 2.05) is 60.7 Å². The van der Waals surface area contributed by atoms with Crippen molar-refractivity contribution in [1.29, 1.82) is 0 Å². The van der Waals surface area contributed by atoms with Crippen LogP contribution < -0.4 is 5.32 Å². The maximum Gasteiger partial charge on any atom is 0.144 e. The predicted octanol–water partition coefficient (Wildman–Crippen LogP) is 3.20. The lowest BCUT2D eigenvalue weighted by Crippen LogP contribution is -2.42. The molecular weight excluding hydrogens is 300 g/mol. The van der Waals surface area contributed by atoms with E-state index in [0.29, 0.717) is 6.54 Å². The van der Waals surface area contributed by atoms with Gasteiger partial charge >= 0.3 is 0 Å². The molecule has 4 heteroatoms. The summed E-state index contributed by atoms with van der Waals surface area (Å²) in [5, 5.41) is 17.5. The molecule has 0 aromatic heterocycles. The van der Waals surface area contributed by atoms with Gasteiger partial charge in [-0.3, -0.25) is 0 Å². The number of aliphatic hydroxyl groups excluding tert-OH is 1. The summed E-state index contributed by atoms with van der Waals surface area (Å²) in [6, 6.07) is 19.8. The molecule has 0 saturated heterocycles. The molecular formula is C20H26N2O2. The summed E-state index contributed by atoms with van der Waals surface area (Å²) in [5.41, 5.74) is 2.67. The summed E-state index contributed by atoms with van der Waals surface area (Å²) in [6.07, 6.45) is -0.610. The van der Waals surface area contributed by atoms with E-state index in [1.165, 1.54) is 0 Å². The first kappa shape index (κ1) is 18.2. The van der Waals surface area contributed by atoms with E-state index >= 15 is 0 Å². The van der Waals surface area contributed by atoms with Crippen LogP contribution in [0, 0.1) is 0 Å². The molecule has 2 aromatic carbocycles. The number of β-amino-alcohol motifs (C(OH)–C–C–N with tert-alkyl or cyclic N) is 1. The zero-order chi connectivity index (χ0) is 17.4. The van der Waals surface area contributed by atoms with Gasteiger partial charge in [0, 0.05) is 23.2 Å². The molecule has 2 N–H and O–H groups in total. The lowest BCUT2D eigenvalue weighted by molar-refractivity contribution is 0.0374. The van der Waals surface area contributed by atoms with Gasteiger partial charge in [-0.05, 0) is 20.8 Å². The maximum absolute atomic E-state index is 10.0. The molecule has 24 heavy (non-hydrogen) atoms. The number of aliphatic hydroxyl groups is 1. The van der Waals surface area contributed by atoms with E-state index in [2.05, 4.69) is 31.2 Å². The second-order valence-electron chi connectivity index (χ2n) is 6.75. The fourth-order valence-electron chi connectivity index (χ4n) is 2.13. The second kappa shape index (κ2) is 8.62. The van der Waals surface area contributed by atoms with Crippen LogP contribution in [0.25, 0.3) is 0 Å². The first-order valence-electron chi connectivity index (χ1n) is 8.19. The van der Waals surface area contributed by atoms with Gasteiger partial charge in [-0.1, -0.05) is 65.8 Å². The normalized spacial score (nSPS) is 12.5. The fourth-order valence-corrected chi connectivity index (χ4v) is 2.13. The largest absolute Gasteiger partial charge is 0.392 e. The molecule has 0 radical (unpaired) electrons. The van der Waals surface area contributed by atoms with E-state index in [0.717, 1.165) is 16.8 Å². The van der Waals surface area contributed by atoms with Gasteiger partial charge in [-0.2, -0.15) is 0 Å². The number of hydrogen-bond donors (Lipinski definition) is 2. The van der Waals surface area contributed by atoms with Crippen LogP contribution in [0.5, 0.6) is 0 Å². The lowest BCUT2D eigenvalue weighted by atomic mass is 10.0. The molecule has 0 aliphatic rings. The van der Waals surface area contributed by atoms with Gasteiger partial charge in [0.1, 0.15) is 18.4 Å². The molecule has 1 atom stereocenters. The average Bonchev–Trinajstić information content (AvgIpc) is 2.58. The summed E-state index contributed by atoms with van der Waals surface area (Å²) in [6.45, 7) is 6.78. The lowest BCUT2D eigenvalue weighted by Gasteiger charge is -2.22. The second-order valence-corrected chi connectivity index (χ2v) is 6.75. The molecule has 0 bridgehead atoms. The minimum atomic E-state index is -0.610. The zero-order valence-electron chi connectivity index (χ0n) is 14.6. The van der Waals surface area contributed by atoms with Crippen molar-refractivity contribution in [2.24, 2.45) is 5.16 Å². The summed E-state index contributed by atoms with van der Waals surface area (Å²) in [4.78, 5) is 5.43. The Morgan fingerprint density at radius 1 is 1.00 bits per heavy atom. The Labute approximate surface area is 144 Å². The third kappa shape index (κ3) is 6.14. The molecule has 0 spiro atoms. The van der Waals surface area contributed by atoms with E-state index in [1.54, 1.807) is 0 Å². The van der Waals surface area contributed by atoms with Crippen LogP contribution in [0.15, 0.2) is 65.8 Å². The number of rotatable bonds is 7. The summed E-state index contributed by atoms with van der Waals surface area (Å²) < 4.78 is 0. The highest BCUT2D eigenvalue weighted by Crippen LogP contribution is 2.11. The van der Waals surface area contributed by atoms with Crippen molar-refractivity contribution in [3.63, 3.8) is 0 Å². The van der Waals surface area contributed by atoms with Crippen LogP contribution in [-0.2, 0) is 4.84 Å². The van der Waals surface area contributed by atoms with Crippen molar-refractivity contribution >= 4 is 5.71 Å². The van der Waals surface area contributed by atoms with Crippen molar-refractivity contribution in [3.05, 3.63) is 71.8 Å². The topological polar surface area (TPSA) is 53.8 Å². The third-order valence-electron chi connectivity index (χ3n) is 3.39. The van der Waals surface area contributed by atoms with Crippen molar-refractivity contribution in [2.75, 3.05) is 13.2 Å². The number of nitrogens with zero attached hydrogens (tertiary/aromatic N) is 1. The molecule has 0 fully saturated rings. The van der Waals surface area contributed by atoms with Gasteiger partial charge < -0.3 is 15.3 Å². The van der Waals surface area contributed by atoms with Gasteiger partial charge in [0.15, 0.2) is 0 Å². The molecule has 128 valence electrons. The maximum atomic E-state index is 10.0. The molecule has 2 aromatic rings. The van der Waals surface area contributed by atoms with E-state index < -0.39 is 6.10 Å². The van der Waals surface area contributed by atoms with Crippen molar-refractivity contribution in [2.45, 2.75) is 32.4 Å². The first-order chi connectivity index (χ1) is 11.5. The number of nitrogens with one attached hydrogen (secondary N) is 1. The molecule has 2 rings (SSSR count). The van der Waals surface area contributed by atoms with E-state index in [4.69, 9.17) is 4.84 Å². The van der Waals surface area contributed by atoms with Crippen LogP contribution in [0.3, 0.4) is 0 Å². The Morgan fingerprint density at radius 3 is 1.96 bits per heavy atom. The van der Waals surface area contributed by atoms with Gasteiger partial charge in [0.2, 0.25) is 0 Å². The van der Waals surface area contributed by atoms with E-state index in [-0.39, 0.29) is 12.1 Å². The highest BCUT2D eigenvalue weighted by Gasteiger charge is 2.13. The molecule has 0 aliphatic carbocycles. The quantitative estimate of drug-likeness (QED) is 0.607. The van der Waals surface area contributed by atoms with Crippen LogP contribution in [0.4, 0.5) is 0 Å². The monoisotopic (exact) mass is 326 g/mol. The summed E-state index contributed by atoms with van der Waals surface area (Å²) in [7, 11) is 0. The SMILES string of the molecule is CC(C)(C)NCC(O)CON=C(c1ccccc1)c1ccccc1. The van der Waals surface area contributed by atoms with Gasteiger partial charge in [0.25, 0.3) is 0 Å². The van der Waals surface area contributed by atoms with Gasteiger partial charge in [-0.25, -0.2) is 0 Å². The van der Waals surface area contributed by atoms with Crippen molar-refractivity contribution in [3.8, 4) is 0 Å². The Hall–Kier alpha value is -2.17. The van der Waals surface area contributed by atoms with Crippen LogP contribution in [-0.4, -0.2) is 35.6 Å². The third-order valence-corrected chi connectivity index (χ3v) is 3.39. The Morgan fingerprint density at radius 2 is 1.50 bits per heavy atom. The van der Waals surface area contributed by atoms with Crippen LogP contribution in [0.2, 0.25) is 0 Å². The predicted molar refractivity (Wildman–Crippen MR) is 98.2 cm³/mol. The van der Waals surface area contributed by atoms with Crippen molar-refractivity contribution < 1.29 is 9.94 Å². The first-order valence-corrected chi connectivity index (χ1v) is 8.19. The Balaban J connectivity index is 2.04. The summed E-state index contributed by atoms with van der Waals surface area (Å²) >= 11 is 0. The summed E-state index contributed by atoms with van der Waals surface area (Å²) in [5.74, 6) is 0. The molecule has 0 heterocycles. The Bertz CT molecular complexity index is 592. The highest BCUT2D eigenvalue weighted by atomic mass is 16.6. The van der Waals surface area contributed by atoms with Crippen molar-refractivity contribution in [1.82, 2.24) is 5.32 Å². The van der Waals surface area contributed by atoms with Gasteiger partial charge in [0.05, 0.1) is 0 Å². The molecule has 0 aliphatic heterocycles. The number of oxime groups is 1. The average molecular weight is 326 g/mol. The minimum Gasteiger partial charge on any atom is -0.392 e. The fraction of sp³-hybridized carbons (Fsp3) is 0.350. The molecule has 0 saturated carbocycles. The number of hydrogen-bond acceptors (Lipinski definition) is 4. The molecule has 4 nitrogen and oxygen atoms in total. The smallest absolute Gasteiger partial charge is 0.144 e. The van der Waals surface area contributed by atoms with Crippen LogP contribution >= 0.6 is 0 Å². The van der Waals surface area contributed by atoms with Gasteiger partial charge in [-0.15, -0.1) is 0 Å². The Kier molecular flexibility index (Phi) is 6.53. The minimum absolute atomic E-state index is 0.0382. The van der Waals surface area contributed by atoms with Crippen LogP contribution in [0.1, 0.15) is 31.9 Å². The highest BCUT2D eigenvalue weighted by molar-refractivity contribution is 6.12.